The molecule has 0 saturated carbocycles. The monoisotopic (exact) mass is 416 g/mol. The summed E-state index contributed by atoms with van der Waals surface area (Å²) < 4.78 is 25.3. The third kappa shape index (κ3) is 4.93. The normalized spacial score (nSPS) is 11.2. The fourth-order valence-corrected chi connectivity index (χ4v) is 4.11. The zero-order valence-corrected chi connectivity index (χ0v) is 17.3. The number of carbonyl (C=O) groups excluding carboxylic acids is 1. The summed E-state index contributed by atoms with van der Waals surface area (Å²) in [6.45, 7) is 3.56. The molecule has 1 aromatic heterocycles. The van der Waals surface area contributed by atoms with Crippen molar-refractivity contribution in [2.45, 2.75) is 13.8 Å². The van der Waals surface area contributed by atoms with Crippen LogP contribution in [0.15, 0.2) is 48.5 Å². The Bertz CT molecular complexity index is 1080. The Balaban J connectivity index is 1.73. The van der Waals surface area contributed by atoms with Crippen LogP contribution in [-0.2, 0) is 14.8 Å². The lowest BCUT2D eigenvalue weighted by atomic mass is 10.2. The van der Waals surface area contributed by atoms with Crippen LogP contribution in [0.3, 0.4) is 0 Å². The Morgan fingerprint density at radius 3 is 2.14 bits per heavy atom. The molecule has 3 aromatic rings. The zero-order valence-electron chi connectivity index (χ0n) is 15.7. The van der Waals surface area contributed by atoms with Gasteiger partial charge in [-0.1, -0.05) is 58.9 Å². The smallest absolute Gasteiger partial charge is 0.246 e. The van der Waals surface area contributed by atoms with Gasteiger partial charge < -0.3 is 0 Å². The van der Waals surface area contributed by atoms with Crippen LogP contribution in [0.1, 0.15) is 11.1 Å². The number of aryl methyl sites for hydroxylation is 2. The summed E-state index contributed by atoms with van der Waals surface area (Å²) in [6, 6.07) is 14.7. The molecule has 146 valence electrons. The fraction of sp³-hybridized carbons (Fsp3) is 0.211. The molecule has 28 heavy (non-hydrogen) atoms. The van der Waals surface area contributed by atoms with Crippen molar-refractivity contribution in [2.24, 2.45) is 0 Å². The number of aromatic nitrogens is 2. The Labute approximate surface area is 168 Å². The van der Waals surface area contributed by atoms with E-state index in [1.165, 1.54) is 11.3 Å². The molecule has 0 fully saturated rings. The van der Waals surface area contributed by atoms with E-state index in [1.807, 2.05) is 38.1 Å². The van der Waals surface area contributed by atoms with Crippen molar-refractivity contribution in [3.63, 3.8) is 0 Å². The molecule has 0 aliphatic rings. The number of benzene rings is 2. The molecule has 9 heteroatoms. The van der Waals surface area contributed by atoms with Crippen molar-refractivity contribution in [3.8, 4) is 10.6 Å². The maximum atomic E-state index is 12.4. The van der Waals surface area contributed by atoms with E-state index in [0.29, 0.717) is 15.8 Å². The van der Waals surface area contributed by atoms with E-state index in [-0.39, 0.29) is 6.54 Å². The number of hydrogen-bond acceptors (Lipinski definition) is 6. The minimum Gasteiger partial charge on any atom is -0.299 e. The van der Waals surface area contributed by atoms with Crippen molar-refractivity contribution in [1.82, 2.24) is 10.2 Å². The van der Waals surface area contributed by atoms with Crippen molar-refractivity contribution in [1.29, 1.82) is 0 Å². The van der Waals surface area contributed by atoms with Gasteiger partial charge in [0.25, 0.3) is 0 Å². The van der Waals surface area contributed by atoms with Gasteiger partial charge in [0.05, 0.1) is 11.9 Å². The average Bonchev–Trinajstić information content (AvgIpc) is 3.09. The van der Waals surface area contributed by atoms with Gasteiger partial charge in [-0.05, 0) is 26.0 Å². The Morgan fingerprint density at radius 1 is 1.00 bits per heavy atom. The number of rotatable bonds is 6. The number of hydrogen-bond donors (Lipinski definition) is 1. The fourth-order valence-electron chi connectivity index (χ4n) is 2.49. The van der Waals surface area contributed by atoms with E-state index in [9.17, 15) is 13.2 Å². The molecule has 0 atom stereocenters. The number of nitrogens with one attached hydrogen (secondary N) is 1. The van der Waals surface area contributed by atoms with Crippen LogP contribution in [0, 0.1) is 13.8 Å². The first-order chi connectivity index (χ1) is 13.2. The van der Waals surface area contributed by atoms with Gasteiger partial charge >= 0.3 is 0 Å². The molecule has 3 rings (SSSR count). The maximum absolute atomic E-state index is 12.4. The SMILES string of the molecule is Cc1ccc(-c2nnc(NC(=O)CN(c3ccc(C)cc3)S(C)(=O)=O)s2)cc1. The highest BCUT2D eigenvalue weighted by atomic mass is 32.2. The molecule has 0 bridgehead atoms. The third-order valence-corrected chi connectivity index (χ3v) is 6.01. The first kappa shape index (κ1) is 20.0. The molecule has 0 aliphatic heterocycles. The predicted octanol–water partition coefficient (Wildman–Crippen LogP) is 3.23. The lowest BCUT2D eigenvalue weighted by Gasteiger charge is -2.21. The van der Waals surface area contributed by atoms with Crippen LogP contribution in [0.4, 0.5) is 10.8 Å². The highest BCUT2D eigenvalue weighted by molar-refractivity contribution is 7.92. The summed E-state index contributed by atoms with van der Waals surface area (Å²) in [5.41, 5.74) is 3.47. The van der Waals surface area contributed by atoms with E-state index < -0.39 is 15.9 Å². The molecule has 0 spiro atoms. The van der Waals surface area contributed by atoms with E-state index in [1.54, 1.807) is 24.3 Å². The summed E-state index contributed by atoms with van der Waals surface area (Å²) >= 11 is 1.23. The molecular weight excluding hydrogens is 396 g/mol. The van der Waals surface area contributed by atoms with Gasteiger partial charge in [0.15, 0.2) is 0 Å². The lowest BCUT2D eigenvalue weighted by Crippen LogP contribution is -2.37. The maximum Gasteiger partial charge on any atom is 0.246 e. The first-order valence-electron chi connectivity index (χ1n) is 8.47. The average molecular weight is 417 g/mol. The van der Waals surface area contributed by atoms with Gasteiger partial charge in [0.2, 0.25) is 21.1 Å². The van der Waals surface area contributed by atoms with E-state index in [0.717, 1.165) is 27.3 Å². The molecule has 7 nitrogen and oxygen atoms in total. The standard InChI is InChI=1S/C19H20N4O3S2/c1-13-4-8-15(9-5-13)18-21-22-19(27-18)20-17(24)12-23(28(3,25)26)16-10-6-14(2)7-11-16/h4-11H,12H2,1-3H3,(H,20,22,24). The molecule has 0 aliphatic carbocycles. The highest BCUT2D eigenvalue weighted by Gasteiger charge is 2.21. The number of amides is 1. The van der Waals surface area contributed by atoms with E-state index >= 15 is 0 Å². The Morgan fingerprint density at radius 2 is 1.57 bits per heavy atom. The summed E-state index contributed by atoms with van der Waals surface area (Å²) in [7, 11) is -3.62. The predicted molar refractivity (Wildman–Crippen MR) is 112 cm³/mol. The number of sulfonamides is 1. The van der Waals surface area contributed by atoms with Gasteiger partial charge in [0.1, 0.15) is 11.6 Å². The summed E-state index contributed by atoms with van der Waals surface area (Å²) in [5.74, 6) is -0.488. The quantitative estimate of drug-likeness (QED) is 0.666. The molecule has 1 amide bonds. The molecule has 0 saturated heterocycles. The van der Waals surface area contributed by atoms with Crippen molar-refractivity contribution < 1.29 is 13.2 Å². The molecule has 0 unspecified atom stereocenters. The number of carbonyl (C=O) groups is 1. The summed E-state index contributed by atoms with van der Waals surface area (Å²) in [6.07, 6.45) is 1.07. The minimum atomic E-state index is -3.62. The first-order valence-corrected chi connectivity index (χ1v) is 11.1. The molecule has 1 heterocycles. The van der Waals surface area contributed by atoms with Crippen molar-refractivity contribution in [3.05, 3.63) is 59.7 Å². The van der Waals surface area contributed by atoms with Crippen LogP contribution in [-0.4, -0.2) is 37.3 Å². The molecule has 2 aromatic carbocycles. The topological polar surface area (TPSA) is 92.3 Å². The highest BCUT2D eigenvalue weighted by Crippen LogP contribution is 2.26. The third-order valence-electron chi connectivity index (χ3n) is 3.98. The molecular formula is C19H20N4O3S2. The zero-order chi connectivity index (χ0) is 20.3. The van der Waals surface area contributed by atoms with Crippen LogP contribution in [0.2, 0.25) is 0 Å². The second-order valence-electron chi connectivity index (χ2n) is 6.43. The van der Waals surface area contributed by atoms with E-state index in [4.69, 9.17) is 0 Å². The number of nitrogens with zero attached hydrogens (tertiary/aromatic N) is 3. The van der Waals surface area contributed by atoms with Gasteiger partial charge in [-0.15, -0.1) is 10.2 Å². The molecule has 1 N–H and O–H groups in total. The van der Waals surface area contributed by atoms with Gasteiger partial charge in [0, 0.05) is 5.56 Å². The summed E-state index contributed by atoms with van der Waals surface area (Å²) in [5, 5.41) is 11.7. The summed E-state index contributed by atoms with van der Waals surface area (Å²) in [4.78, 5) is 12.4. The van der Waals surface area contributed by atoms with Crippen LogP contribution >= 0.6 is 11.3 Å². The second kappa shape index (κ2) is 8.07. The lowest BCUT2D eigenvalue weighted by molar-refractivity contribution is -0.114. The number of anilines is 2. The van der Waals surface area contributed by atoms with Crippen molar-refractivity contribution >= 4 is 38.1 Å². The van der Waals surface area contributed by atoms with Gasteiger partial charge in [-0.3, -0.25) is 14.4 Å². The van der Waals surface area contributed by atoms with E-state index in [2.05, 4.69) is 15.5 Å². The Hall–Kier alpha value is -2.78. The van der Waals surface area contributed by atoms with Gasteiger partial charge in [-0.25, -0.2) is 8.42 Å². The molecule has 0 radical (unpaired) electrons. The van der Waals surface area contributed by atoms with Crippen molar-refractivity contribution in [2.75, 3.05) is 22.4 Å². The largest absolute Gasteiger partial charge is 0.299 e. The van der Waals surface area contributed by atoms with Crippen LogP contribution < -0.4 is 9.62 Å². The van der Waals surface area contributed by atoms with Crippen LogP contribution in [0.5, 0.6) is 0 Å². The van der Waals surface area contributed by atoms with Gasteiger partial charge in [-0.2, -0.15) is 0 Å². The second-order valence-corrected chi connectivity index (χ2v) is 9.32. The minimum absolute atomic E-state index is 0.318. The van der Waals surface area contributed by atoms with Crippen LogP contribution in [0.25, 0.3) is 10.6 Å². The Kier molecular flexibility index (Phi) is 5.76.